The van der Waals surface area contributed by atoms with Gasteiger partial charge in [0.05, 0.1) is 36.0 Å². The molecule has 5 amide bonds. The summed E-state index contributed by atoms with van der Waals surface area (Å²) in [5, 5.41) is 10.5. The molecule has 0 bridgehead atoms. The molecule has 0 aromatic heterocycles. The Balaban J connectivity index is 1.54. The van der Waals surface area contributed by atoms with E-state index in [0.29, 0.717) is 21.7 Å². The number of anilines is 1. The molecule has 2 aromatic rings. The van der Waals surface area contributed by atoms with Crippen molar-refractivity contribution in [3.8, 4) is 5.75 Å². The quantitative estimate of drug-likeness (QED) is 0.450. The lowest BCUT2D eigenvalue weighted by Gasteiger charge is -2.49. The summed E-state index contributed by atoms with van der Waals surface area (Å²) in [6, 6.07) is 12.4. The van der Waals surface area contributed by atoms with Gasteiger partial charge in [-0.05, 0) is 68.4 Å². The fourth-order valence-corrected chi connectivity index (χ4v) is 7.65. The van der Waals surface area contributed by atoms with Crippen LogP contribution < -0.4 is 4.90 Å². The van der Waals surface area contributed by atoms with Crippen molar-refractivity contribution in [2.24, 2.45) is 29.1 Å². The van der Waals surface area contributed by atoms with E-state index in [2.05, 4.69) is 0 Å². The molecule has 2 aliphatic heterocycles. The number of aryl methyl sites for hydroxylation is 2. The number of phenolic OH excluding ortho intramolecular Hbond substituents is 1. The monoisotopic (exact) mass is 542 g/mol. The number of aromatic hydroxyl groups is 1. The molecule has 1 saturated carbocycles. The van der Waals surface area contributed by atoms with E-state index >= 15 is 0 Å². The second-order valence-electron chi connectivity index (χ2n) is 11.5. The zero-order chi connectivity index (χ0) is 28.7. The molecule has 2 saturated heterocycles. The molecule has 6 rings (SSSR count). The van der Waals surface area contributed by atoms with Crippen LogP contribution in [0.2, 0.25) is 0 Å². The normalized spacial score (nSPS) is 31.1. The molecule has 2 aromatic carbocycles. The van der Waals surface area contributed by atoms with Crippen LogP contribution in [0.5, 0.6) is 5.75 Å². The van der Waals surface area contributed by atoms with Crippen molar-refractivity contribution >= 4 is 35.4 Å². The van der Waals surface area contributed by atoms with Crippen molar-refractivity contribution in [1.82, 2.24) is 4.90 Å². The Labute approximate surface area is 231 Å². The first kappa shape index (κ1) is 26.0. The Bertz CT molecular complexity index is 1510. The van der Waals surface area contributed by atoms with E-state index in [1.165, 1.54) is 4.90 Å². The van der Waals surface area contributed by atoms with Crippen LogP contribution in [0.15, 0.2) is 54.1 Å². The van der Waals surface area contributed by atoms with E-state index in [1.807, 2.05) is 31.2 Å². The van der Waals surface area contributed by atoms with Gasteiger partial charge in [0.25, 0.3) is 0 Å². The number of hydrogen-bond donors (Lipinski definition) is 1. The molecular weight excluding hydrogens is 512 g/mol. The van der Waals surface area contributed by atoms with Crippen LogP contribution in [0.25, 0.3) is 0 Å². The van der Waals surface area contributed by atoms with Gasteiger partial charge in [-0.2, -0.15) is 4.90 Å². The maximum Gasteiger partial charge on any atom is 0.423 e. The summed E-state index contributed by atoms with van der Waals surface area (Å²) in [6.45, 7) is 5.37. The number of hydrogen-bond acceptors (Lipinski definition) is 7. The van der Waals surface area contributed by atoms with Crippen molar-refractivity contribution < 1.29 is 33.8 Å². The summed E-state index contributed by atoms with van der Waals surface area (Å²) in [4.78, 5) is 69.3. The number of allylic oxidation sites excluding steroid dienone is 2. The Kier molecular flexibility index (Phi) is 5.76. The van der Waals surface area contributed by atoms with Crippen molar-refractivity contribution in [3.63, 3.8) is 0 Å². The zero-order valence-electron chi connectivity index (χ0n) is 22.7. The molecule has 4 aliphatic rings. The molecule has 2 aliphatic carbocycles. The van der Waals surface area contributed by atoms with Crippen LogP contribution in [0, 0.1) is 42.9 Å². The van der Waals surface area contributed by atoms with Gasteiger partial charge in [0.1, 0.15) is 5.75 Å². The summed E-state index contributed by atoms with van der Waals surface area (Å²) in [6.07, 6.45) is 1.32. The van der Waals surface area contributed by atoms with Crippen molar-refractivity contribution in [2.45, 2.75) is 39.5 Å². The predicted octanol–water partition coefficient (Wildman–Crippen LogP) is 4.01. The van der Waals surface area contributed by atoms with Crippen LogP contribution in [-0.2, 0) is 23.9 Å². The summed E-state index contributed by atoms with van der Waals surface area (Å²) < 4.78 is 4.72. The first-order valence-corrected chi connectivity index (χ1v) is 13.4. The van der Waals surface area contributed by atoms with E-state index in [-0.39, 0.29) is 30.4 Å². The van der Waals surface area contributed by atoms with Crippen LogP contribution in [0.3, 0.4) is 0 Å². The maximum atomic E-state index is 14.3. The van der Waals surface area contributed by atoms with Crippen molar-refractivity contribution in [2.75, 3.05) is 12.0 Å². The topological polar surface area (TPSA) is 121 Å². The number of nitrogens with zero attached hydrogens (tertiary/aromatic N) is 2. The highest BCUT2D eigenvalue weighted by Gasteiger charge is 2.68. The number of ether oxygens (including phenoxy) is 1. The summed E-state index contributed by atoms with van der Waals surface area (Å²) >= 11 is 0. The SMILES string of the molecule is COC(=O)N1C(=O)C2CC=C3C(CC4C(=O)N(c5ccccc5)C(=O)C4(C)C3c3cc(C)c(O)c(C)c3)C2C1=O. The number of carbonyl (C=O) groups excluding carboxylic acids is 5. The fourth-order valence-electron chi connectivity index (χ4n) is 7.65. The number of fused-ring (bicyclic) bond motifs is 4. The Morgan fingerprint density at radius 3 is 2.25 bits per heavy atom. The Morgan fingerprint density at radius 2 is 1.62 bits per heavy atom. The number of likely N-dealkylation sites (tertiary alicyclic amines) is 1. The zero-order valence-corrected chi connectivity index (χ0v) is 22.7. The number of carbonyl (C=O) groups is 5. The molecule has 1 N–H and O–H groups in total. The largest absolute Gasteiger partial charge is 0.507 e. The van der Waals surface area contributed by atoms with E-state index < -0.39 is 52.9 Å². The van der Waals surface area contributed by atoms with Gasteiger partial charge in [-0.25, -0.2) is 9.69 Å². The molecular formula is C31H30N2O7. The third kappa shape index (κ3) is 3.29. The summed E-state index contributed by atoms with van der Waals surface area (Å²) in [5.41, 5.74) is 2.13. The number of imide groups is 4. The van der Waals surface area contributed by atoms with Gasteiger partial charge in [-0.3, -0.25) is 19.2 Å². The highest BCUT2D eigenvalue weighted by Crippen LogP contribution is 2.63. The minimum atomic E-state index is -1.17. The molecule has 2 heterocycles. The first-order chi connectivity index (χ1) is 19.0. The molecule has 206 valence electrons. The lowest BCUT2D eigenvalue weighted by Crippen LogP contribution is -2.49. The molecule has 6 unspecified atom stereocenters. The molecule has 9 nitrogen and oxygen atoms in total. The number of para-hydroxylation sites is 1. The summed E-state index contributed by atoms with van der Waals surface area (Å²) in [5.74, 6) is -5.22. The second-order valence-corrected chi connectivity index (χ2v) is 11.5. The molecule has 40 heavy (non-hydrogen) atoms. The van der Waals surface area contributed by atoms with Gasteiger partial charge >= 0.3 is 6.09 Å². The van der Waals surface area contributed by atoms with Crippen LogP contribution in [0.1, 0.15) is 42.4 Å². The van der Waals surface area contributed by atoms with Gasteiger partial charge in [0.15, 0.2) is 0 Å². The van der Waals surface area contributed by atoms with E-state index in [4.69, 9.17) is 4.74 Å². The Morgan fingerprint density at radius 1 is 0.975 bits per heavy atom. The van der Waals surface area contributed by atoms with Crippen LogP contribution in [0.4, 0.5) is 10.5 Å². The van der Waals surface area contributed by atoms with Crippen LogP contribution >= 0.6 is 0 Å². The third-order valence-electron chi connectivity index (χ3n) is 9.49. The van der Waals surface area contributed by atoms with E-state index in [9.17, 15) is 29.1 Å². The average molecular weight is 543 g/mol. The minimum Gasteiger partial charge on any atom is -0.507 e. The summed E-state index contributed by atoms with van der Waals surface area (Å²) in [7, 11) is 1.12. The first-order valence-electron chi connectivity index (χ1n) is 13.4. The second kappa shape index (κ2) is 8.87. The third-order valence-corrected chi connectivity index (χ3v) is 9.49. The van der Waals surface area contributed by atoms with Crippen LogP contribution in [-0.4, -0.2) is 46.8 Å². The number of methoxy groups -OCH3 is 1. The molecule has 3 fully saturated rings. The van der Waals surface area contributed by atoms with Crippen molar-refractivity contribution in [1.29, 1.82) is 0 Å². The number of phenols is 1. The highest BCUT2D eigenvalue weighted by molar-refractivity contribution is 6.24. The fraction of sp³-hybridized carbons (Fsp3) is 0.387. The van der Waals surface area contributed by atoms with Crippen molar-refractivity contribution in [3.05, 3.63) is 70.8 Å². The maximum absolute atomic E-state index is 14.3. The molecule has 0 radical (unpaired) electrons. The van der Waals surface area contributed by atoms with Gasteiger partial charge in [0, 0.05) is 5.92 Å². The Hall–Kier alpha value is -4.27. The molecule has 0 spiro atoms. The number of benzene rings is 2. The lowest BCUT2D eigenvalue weighted by molar-refractivity contribution is -0.138. The minimum absolute atomic E-state index is 0.153. The van der Waals surface area contributed by atoms with Gasteiger partial charge in [-0.15, -0.1) is 0 Å². The predicted molar refractivity (Wildman–Crippen MR) is 143 cm³/mol. The number of rotatable bonds is 2. The smallest absolute Gasteiger partial charge is 0.423 e. The molecule has 9 heteroatoms. The van der Waals surface area contributed by atoms with E-state index in [0.717, 1.165) is 18.2 Å². The highest BCUT2D eigenvalue weighted by atomic mass is 16.5. The van der Waals surface area contributed by atoms with Gasteiger partial charge in [0.2, 0.25) is 23.6 Å². The van der Waals surface area contributed by atoms with Gasteiger partial charge < -0.3 is 9.84 Å². The molecule has 6 atom stereocenters. The number of amides is 5. The van der Waals surface area contributed by atoms with E-state index in [1.54, 1.807) is 38.1 Å². The average Bonchev–Trinajstić information content (AvgIpc) is 3.31. The lowest BCUT2D eigenvalue weighted by atomic mass is 9.51. The van der Waals surface area contributed by atoms with Gasteiger partial charge in [-0.1, -0.05) is 42.0 Å². The standard InChI is InChI=1S/C31H30N2O7/c1-15-12-17(13-16(2)25(15)34)24-19-10-11-20-23(28(37)33(26(20)35)30(39)40-4)21(19)14-22-27(36)32(29(38)31(22,24)3)18-8-6-5-7-9-18/h5-10,12-13,20-24,34H,11,14H2,1-4H3.